The maximum absolute atomic E-state index is 13.1. The van der Waals surface area contributed by atoms with Gasteiger partial charge in [0, 0.05) is 19.6 Å². The summed E-state index contributed by atoms with van der Waals surface area (Å²) < 4.78 is 13.1. The summed E-state index contributed by atoms with van der Waals surface area (Å²) in [6.07, 6.45) is 7.67. The van der Waals surface area contributed by atoms with Crippen LogP contribution in [0.5, 0.6) is 0 Å². The van der Waals surface area contributed by atoms with Crippen molar-refractivity contribution in [3.63, 3.8) is 0 Å². The fourth-order valence-corrected chi connectivity index (χ4v) is 4.09. The van der Waals surface area contributed by atoms with Crippen molar-refractivity contribution < 1.29 is 9.18 Å². The van der Waals surface area contributed by atoms with Crippen LogP contribution in [0.1, 0.15) is 24.8 Å². The molecule has 5 nitrogen and oxygen atoms in total. The molecule has 2 aliphatic rings. The maximum Gasteiger partial charge on any atom is 0.234 e. The maximum atomic E-state index is 13.1. The zero-order valence-corrected chi connectivity index (χ0v) is 14.1. The molecule has 0 radical (unpaired) electrons. The van der Waals surface area contributed by atoms with Crippen molar-refractivity contribution in [2.24, 2.45) is 5.41 Å². The first kappa shape index (κ1) is 16.1. The third kappa shape index (κ3) is 3.14. The molecule has 0 aliphatic carbocycles. The van der Waals surface area contributed by atoms with Gasteiger partial charge >= 0.3 is 0 Å². The van der Waals surface area contributed by atoms with Crippen LogP contribution >= 0.6 is 0 Å². The first-order valence-electron chi connectivity index (χ1n) is 8.70. The zero-order chi connectivity index (χ0) is 17.3. The predicted molar refractivity (Wildman–Crippen MR) is 92.3 cm³/mol. The number of anilines is 1. The van der Waals surface area contributed by atoms with Gasteiger partial charge in [0.25, 0.3) is 0 Å². The smallest absolute Gasteiger partial charge is 0.234 e. The number of likely N-dealkylation sites (tertiary alicyclic amines) is 1. The predicted octanol–water partition coefficient (Wildman–Crippen LogP) is 2.63. The number of hydrogen-bond donors (Lipinski definition) is 0. The van der Waals surface area contributed by atoms with Gasteiger partial charge in [-0.05, 0) is 43.5 Å². The second-order valence-electron chi connectivity index (χ2n) is 7.02. The van der Waals surface area contributed by atoms with E-state index in [0.29, 0.717) is 0 Å². The molecular weight excluding hydrogens is 319 g/mol. The molecule has 1 aromatic carbocycles. The molecular formula is C19H21FN4O. The molecule has 0 saturated carbocycles. The number of hydrogen-bond acceptors (Lipinski definition) is 4. The Morgan fingerprint density at radius 2 is 1.84 bits per heavy atom. The van der Waals surface area contributed by atoms with E-state index in [1.807, 2.05) is 17.0 Å². The van der Waals surface area contributed by atoms with Crippen LogP contribution in [0.15, 0.2) is 43.0 Å². The van der Waals surface area contributed by atoms with E-state index in [4.69, 9.17) is 0 Å². The monoisotopic (exact) mass is 340 g/mol. The lowest BCUT2D eigenvalue weighted by Gasteiger charge is -2.39. The Morgan fingerprint density at radius 3 is 2.60 bits per heavy atom. The number of benzene rings is 1. The Bertz CT molecular complexity index is 752. The van der Waals surface area contributed by atoms with Crippen molar-refractivity contribution in [3.05, 3.63) is 54.4 Å². The normalized spacial score (nSPS) is 24.2. The second-order valence-corrected chi connectivity index (χ2v) is 7.02. The first-order chi connectivity index (χ1) is 12.2. The lowest BCUT2D eigenvalue weighted by molar-refractivity contribution is -0.128. The number of carbonyl (C=O) groups excluding carboxylic acids is 1. The van der Waals surface area contributed by atoms with Gasteiger partial charge in [0.05, 0.1) is 23.5 Å². The van der Waals surface area contributed by atoms with E-state index in [1.165, 1.54) is 18.5 Å². The first-order valence-corrected chi connectivity index (χ1v) is 8.70. The lowest BCUT2D eigenvalue weighted by Crippen LogP contribution is -2.47. The largest absolute Gasteiger partial charge is 0.309 e. The summed E-state index contributed by atoms with van der Waals surface area (Å²) in [6, 6.07) is 6.63. The Morgan fingerprint density at radius 1 is 1.08 bits per heavy atom. The van der Waals surface area contributed by atoms with Gasteiger partial charge in [0.15, 0.2) is 0 Å². The third-order valence-corrected chi connectivity index (χ3v) is 5.35. The van der Waals surface area contributed by atoms with E-state index in [0.717, 1.165) is 56.7 Å². The minimum absolute atomic E-state index is 0.186. The molecule has 130 valence electrons. The number of piperidine rings is 1. The van der Waals surface area contributed by atoms with Gasteiger partial charge in [0.2, 0.25) is 5.91 Å². The molecule has 1 spiro atoms. The summed E-state index contributed by atoms with van der Waals surface area (Å²) in [6.45, 7) is 3.20. The average molecular weight is 340 g/mol. The van der Waals surface area contributed by atoms with E-state index in [9.17, 15) is 9.18 Å². The summed E-state index contributed by atoms with van der Waals surface area (Å²) in [5, 5.41) is 0. The number of amides is 1. The van der Waals surface area contributed by atoms with Crippen molar-refractivity contribution in [1.82, 2.24) is 14.9 Å². The highest BCUT2D eigenvalue weighted by atomic mass is 19.1. The molecule has 1 atom stereocenters. The lowest BCUT2D eigenvalue weighted by atomic mass is 9.78. The van der Waals surface area contributed by atoms with Crippen molar-refractivity contribution in [2.75, 3.05) is 24.5 Å². The molecule has 0 N–H and O–H groups in total. The van der Waals surface area contributed by atoms with Crippen LogP contribution in [0.4, 0.5) is 10.1 Å². The summed E-state index contributed by atoms with van der Waals surface area (Å²) in [5.41, 5.74) is 1.55. The number of rotatable bonds is 3. The van der Waals surface area contributed by atoms with Gasteiger partial charge in [-0.15, -0.1) is 0 Å². The molecule has 25 heavy (non-hydrogen) atoms. The molecule has 2 aromatic rings. The summed E-state index contributed by atoms with van der Waals surface area (Å²) in [4.78, 5) is 25.3. The highest BCUT2D eigenvalue weighted by Crippen LogP contribution is 2.41. The van der Waals surface area contributed by atoms with Gasteiger partial charge in [0.1, 0.15) is 12.1 Å². The summed E-state index contributed by atoms with van der Waals surface area (Å²) in [7, 11) is 0. The molecule has 2 aliphatic heterocycles. The molecule has 2 saturated heterocycles. The van der Waals surface area contributed by atoms with Crippen LogP contribution in [0, 0.1) is 11.2 Å². The Kier molecular flexibility index (Phi) is 4.21. The van der Waals surface area contributed by atoms with E-state index in [2.05, 4.69) is 14.9 Å². The minimum Gasteiger partial charge on any atom is -0.309 e. The molecule has 3 heterocycles. The fourth-order valence-electron chi connectivity index (χ4n) is 4.09. The Balaban J connectivity index is 1.48. The number of aromatic nitrogens is 2. The zero-order valence-electron chi connectivity index (χ0n) is 14.1. The minimum atomic E-state index is -0.311. The quantitative estimate of drug-likeness (QED) is 0.862. The van der Waals surface area contributed by atoms with Gasteiger partial charge in [-0.2, -0.15) is 0 Å². The molecule has 0 bridgehead atoms. The average Bonchev–Trinajstić information content (AvgIpc) is 2.94. The molecule has 1 amide bonds. The molecule has 2 fully saturated rings. The standard InChI is InChI=1S/C19H21FN4O/c20-16-4-2-15(3-5-16)12-23-8-1-6-19(13-23)7-9-24(18(19)25)17-10-21-14-22-11-17/h2-5,10-11,14H,1,6-9,12-13H2/t19-/m0/s1. The second kappa shape index (κ2) is 6.52. The van der Waals surface area contributed by atoms with Gasteiger partial charge in [-0.25, -0.2) is 14.4 Å². The van der Waals surface area contributed by atoms with E-state index >= 15 is 0 Å². The van der Waals surface area contributed by atoms with Crippen LogP contribution in [0.2, 0.25) is 0 Å². The van der Waals surface area contributed by atoms with Gasteiger partial charge in [-0.3, -0.25) is 9.69 Å². The number of halogens is 1. The summed E-state index contributed by atoms with van der Waals surface area (Å²) >= 11 is 0. The van der Waals surface area contributed by atoms with Gasteiger partial charge < -0.3 is 4.90 Å². The van der Waals surface area contributed by atoms with Crippen molar-refractivity contribution in [2.45, 2.75) is 25.8 Å². The number of nitrogens with zero attached hydrogens (tertiary/aromatic N) is 4. The Labute approximate surface area is 146 Å². The van der Waals surface area contributed by atoms with E-state index < -0.39 is 0 Å². The van der Waals surface area contributed by atoms with E-state index in [1.54, 1.807) is 12.4 Å². The van der Waals surface area contributed by atoms with Crippen LogP contribution < -0.4 is 4.90 Å². The van der Waals surface area contributed by atoms with Crippen molar-refractivity contribution in [1.29, 1.82) is 0 Å². The van der Waals surface area contributed by atoms with Crippen LogP contribution in [-0.4, -0.2) is 40.4 Å². The number of carbonyl (C=O) groups is 1. The van der Waals surface area contributed by atoms with Crippen LogP contribution in [-0.2, 0) is 11.3 Å². The van der Waals surface area contributed by atoms with Crippen molar-refractivity contribution >= 4 is 11.6 Å². The highest BCUT2D eigenvalue weighted by Gasteiger charge is 2.49. The highest BCUT2D eigenvalue weighted by molar-refractivity contribution is 5.99. The molecule has 4 rings (SSSR count). The SMILES string of the molecule is O=C1N(c2cncnc2)CC[C@]12CCCN(Cc1ccc(F)cc1)C2. The van der Waals surface area contributed by atoms with Crippen LogP contribution in [0.3, 0.4) is 0 Å². The molecule has 0 unspecified atom stereocenters. The topological polar surface area (TPSA) is 49.3 Å². The summed E-state index contributed by atoms with van der Waals surface area (Å²) in [5.74, 6) is -0.0309. The molecule has 6 heteroatoms. The fraction of sp³-hybridized carbons (Fsp3) is 0.421. The third-order valence-electron chi connectivity index (χ3n) is 5.35. The van der Waals surface area contributed by atoms with E-state index in [-0.39, 0.29) is 17.1 Å². The molecule has 1 aromatic heterocycles. The van der Waals surface area contributed by atoms with Crippen LogP contribution in [0.25, 0.3) is 0 Å². The van der Waals surface area contributed by atoms with Crippen molar-refractivity contribution in [3.8, 4) is 0 Å². The van der Waals surface area contributed by atoms with Gasteiger partial charge in [-0.1, -0.05) is 12.1 Å². The Hall–Kier alpha value is -2.34.